The molecule has 0 spiro atoms. The molecule has 2 fully saturated rings. The molecule has 198 valence electrons. The van der Waals surface area contributed by atoms with Gasteiger partial charge in [0.25, 0.3) is 11.8 Å². The van der Waals surface area contributed by atoms with E-state index in [1.807, 2.05) is 36.4 Å². The fourth-order valence-corrected chi connectivity index (χ4v) is 5.64. The molecule has 38 heavy (non-hydrogen) atoms. The number of hydrogen-bond acceptors (Lipinski definition) is 4. The van der Waals surface area contributed by atoms with E-state index in [1.165, 1.54) is 12.0 Å². The van der Waals surface area contributed by atoms with Crippen molar-refractivity contribution in [3.05, 3.63) is 94.0 Å². The third-order valence-corrected chi connectivity index (χ3v) is 8.04. The Morgan fingerprint density at radius 2 is 1.53 bits per heavy atom. The predicted molar refractivity (Wildman–Crippen MR) is 157 cm³/mol. The Bertz CT molecular complexity index is 1230. The zero-order valence-electron chi connectivity index (χ0n) is 21.7. The topological polar surface area (TPSA) is 64.7 Å². The van der Waals surface area contributed by atoms with Crippen molar-refractivity contribution >= 4 is 39.1 Å². The number of amides is 2. The lowest BCUT2D eigenvalue weighted by Gasteiger charge is -2.37. The van der Waals surface area contributed by atoms with Gasteiger partial charge in [-0.05, 0) is 60.9 Å². The van der Waals surface area contributed by atoms with Crippen LogP contribution in [-0.2, 0) is 6.54 Å². The quantitative estimate of drug-likeness (QED) is 0.358. The molecular formula is C31H35BrN4O2. The van der Waals surface area contributed by atoms with Crippen LogP contribution in [-0.4, -0.2) is 48.9 Å². The lowest BCUT2D eigenvalue weighted by Crippen LogP contribution is -2.46. The largest absolute Gasteiger partial charge is 0.368 e. The summed E-state index contributed by atoms with van der Waals surface area (Å²) in [7, 11) is 0. The van der Waals surface area contributed by atoms with Crippen molar-refractivity contribution in [3.63, 3.8) is 0 Å². The van der Waals surface area contributed by atoms with Crippen LogP contribution in [0.1, 0.15) is 58.4 Å². The molecule has 0 radical (unpaired) electrons. The minimum Gasteiger partial charge on any atom is -0.368 e. The van der Waals surface area contributed by atoms with Crippen LogP contribution in [0.25, 0.3) is 0 Å². The number of benzene rings is 3. The Labute approximate surface area is 233 Å². The molecule has 2 amide bonds. The van der Waals surface area contributed by atoms with E-state index >= 15 is 0 Å². The normalized spacial score (nSPS) is 16.7. The summed E-state index contributed by atoms with van der Waals surface area (Å²) in [6, 6.07) is 23.7. The first-order valence-electron chi connectivity index (χ1n) is 13.6. The molecule has 3 aromatic rings. The fraction of sp³-hybridized carbons (Fsp3) is 0.355. The van der Waals surface area contributed by atoms with Gasteiger partial charge in [0.15, 0.2) is 0 Å². The molecule has 2 aliphatic rings. The molecule has 6 nitrogen and oxygen atoms in total. The van der Waals surface area contributed by atoms with Crippen LogP contribution in [0.3, 0.4) is 0 Å². The Morgan fingerprint density at radius 1 is 0.816 bits per heavy atom. The third-order valence-electron chi connectivity index (χ3n) is 7.51. The average Bonchev–Trinajstić information content (AvgIpc) is 2.95. The van der Waals surface area contributed by atoms with Gasteiger partial charge in [-0.1, -0.05) is 65.5 Å². The highest BCUT2D eigenvalue weighted by Crippen LogP contribution is 2.28. The Kier molecular flexibility index (Phi) is 8.76. The molecule has 5 rings (SSSR count). The standard InChI is InChI=1S/C31H35BrN4O2/c32-25-13-11-24(12-14-25)30(37)34-27-15-16-29(28(21-27)31(38)33-26-9-5-2-6-10-26)36-19-17-35(18-20-36)22-23-7-3-1-4-8-23/h1,3-4,7-8,11-16,21,26H,2,5-6,9-10,17-20,22H2,(H,33,38)(H,34,37). The van der Waals surface area contributed by atoms with Crippen molar-refractivity contribution in [2.45, 2.75) is 44.7 Å². The smallest absolute Gasteiger partial charge is 0.255 e. The van der Waals surface area contributed by atoms with Gasteiger partial charge in [0.2, 0.25) is 0 Å². The molecule has 1 saturated carbocycles. The Hall–Kier alpha value is -3.16. The van der Waals surface area contributed by atoms with Crippen LogP contribution < -0.4 is 15.5 Å². The second-order valence-electron chi connectivity index (χ2n) is 10.3. The second kappa shape index (κ2) is 12.6. The minimum atomic E-state index is -0.196. The zero-order chi connectivity index (χ0) is 26.3. The van der Waals surface area contributed by atoms with Crippen LogP contribution in [0, 0.1) is 0 Å². The predicted octanol–water partition coefficient (Wildman–Crippen LogP) is 6.09. The number of nitrogens with zero attached hydrogens (tertiary/aromatic N) is 2. The van der Waals surface area contributed by atoms with Crippen molar-refractivity contribution in [3.8, 4) is 0 Å². The van der Waals surface area contributed by atoms with E-state index in [0.29, 0.717) is 16.8 Å². The Balaban J connectivity index is 1.32. The molecule has 0 aromatic heterocycles. The van der Waals surface area contributed by atoms with Gasteiger partial charge in [-0.3, -0.25) is 14.5 Å². The molecule has 0 bridgehead atoms. The number of rotatable bonds is 7. The average molecular weight is 576 g/mol. The summed E-state index contributed by atoms with van der Waals surface area (Å²) in [6.45, 7) is 4.49. The first-order chi connectivity index (χ1) is 18.5. The molecule has 1 aliphatic heterocycles. The van der Waals surface area contributed by atoms with Crippen LogP contribution in [0.2, 0.25) is 0 Å². The number of hydrogen-bond donors (Lipinski definition) is 2. The number of carbonyl (C=O) groups excluding carboxylic acids is 2. The van der Waals surface area contributed by atoms with Crippen LogP contribution in [0.4, 0.5) is 11.4 Å². The van der Waals surface area contributed by atoms with Gasteiger partial charge in [0, 0.05) is 60.2 Å². The van der Waals surface area contributed by atoms with E-state index < -0.39 is 0 Å². The van der Waals surface area contributed by atoms with E-state index in [0.717, 1.165) is 68.6 Å². The molecule has 3 aromatic carbocycles. The zero-order valence-corrected chi connectivity index (χ0v) is 23.3. The maximum atomic E-state index is 13.6. The minimum absolute atomic E-state index is 0.0571. The summed E-state index contributed by atoms with van der Waals surface area (Å²) >= 11 is 3.41. The second-order valence-corrected chi connectivity index (χ2v) is 11.2. The fourth-order valence-electron chi connectivity index (χ4n) is 5.37. The maximum absolute atomic E-state index is 13.6. The monoisotopic (exact) mass is 574 g/mol. The van der Waals surface area contributed by atoms with Crippen molar-refractivity contribution in [1.82, 2.24) is 10.2 Å². The van der Waals surface area contributed by atoms with E-state index in [9.17, 15) is 9.59 Å². The highest BCUT2D eigenvalue weighted by molar-refractivity contribution is 9.10. The SMILES string of the molecule is O=C(Nc1ccc(N2CCN(Cc3ccccc3)CC2)c(C(=O)NC2CCCCC2)c1)c1ccc(Br)cc1. The summed E-state index contributed by atoms with van der Waals surface area (Å²) in [5.41, 5.74) is 4.07. The van der Waals surface area contributed by atoms with E-state index in [2.05, 4.69) is 60.6 Å². The molecule has 0 unspecified atom stereocenters. The molecule has 1 saturated heterocycles. The highest BCUT2D eigenvalue weighted by atomic mass is 79.9. The van der Waals surface area contributed by atoms with E-state index in [1.54, 1.807) is 12.1 Å². The van der Waals surface area contributed by atoms with Gasteiger partial charge in [-0.2, -0.15) is 0 Å². The van der Waals surface area contributed by atoms with Crippen molar-refractivity contribution in [2.75, 3.05) is 36.4 Å². The number of piperazine rings is 1. The van der Waals surface area contributed by atoms with E-state index in [-0.39, 0.29) is 17.9 Å². The van der Waals surface area contributed by atoms with Crippen molar-refractivity contribution < 1.29 is 9.59 Å². The molecule has 1 aliphatic carbocycles. The van der Waals surface area contributed by atoms with Crippen molar-refractivity contribution in [1.29, 1.82) is 0 Å². The maximum Gasteiger partial charge on any atom is 0.255 e. The third kappa shape index (κ3) is 6.83. The summed E-state index contributed by atoms with van der Waals surface area (Å²) < 4.78 is 0.920. The van der Waals surface area contributed by atoms with Gasteiger partial charge in [0.1, 0.15) is 0 Å². The van der Waals surface area contributed by atoms with Crippen LogP contribution in [0.5, 0.6) is 0 Å². The lowest BCUT2D eigenvalue weighted by atomic mass is 9.95. The van der Waals surface area contributed by atoms with Gasteiger partial charge in [-0.15, -0.1) is 0 Å². The summed E-state index contributed by atoms with van der Waals surface area (Å²) in [4.78, 5) is 31.2. The molecule has 0 atom stereocenters. The first kappa shape index (κ1) is 26.4. The number of anilines is 2. The molecule has 1 heterocycles. The van der Waals surface area contributed by atoms with E-state index in [4.69, 9.17) is 0 Å². The van der Waals surface area contributed by atoms with Crippen LogP contribution >= 0.6 is 15.9 Å². The van der Waals surface area contributed by atoms with Gasteiger partial charge in [0.05, 0.1) is 5.56 Å². The molecule has 2 N–H and O–H groups in total. The Morgan fingerprint density at radius 3 is 2.24 bits per heavy atom. The number of carbonyl (C=O) groups is 2. The number of nitrogens with one attached hydrogen (secondary N) is 2. The summed E-state index contributed by atoms with van der Waals surface area (Å²) in [5, 5.41) is 6.26. The summed E-state index contributed by atoms with van der Waals surface area (Å²) in [5.74, 6) is -0.253. The van der Waals surface area contributed by atoms with Crippen LogP contribution in [0.15, 0.2) is 77.3 Å². The highest BCUT2D eigenvalue weighted by Gasteiger charge is 2.24. The molecule has 7 heteroatoms. The van der Waals surface area contributed by atoms with Gasteiger partial charge >= 0.3 is 0 Å². The van der Waals surface area contributed by atoms with Crippen molar-refractivity contribution in [2.24, 2.45) is 0 Å². The summed E-state index contributed by atoms with van der Waals surface area (Å²) in [6.07, 6.45) is 5.61. The van der Waals surface area contributed by atoms with Gasteiger partial charge in [-0.25, -0.2) is 0 Å². The van der Waals surface area contributed by atoms with Gasteiger partial charge < -0.3 is 15.5 Å². The molecular weight excluding hydrogens is 540 g/mol. The number of halogens is 1. The first-order valence-corrected chi connectivity index (χ1v) is 14.4. The lowest BCUT2D eigenvalue weighted by molar-refractivity contribution is 0.0927.